The van der Waals surface area contributed by atoms with E-state index in [0.717, 1.165) is 0 Å². The number of amides is 3. The minimum Gasteiger partial charge on any atom is -0.452 e. The quantitative estimate of drug-likeness (QED) is 0.371. The van der Waals surface area contributed by atoms with Crippen molar-refractivity contribution in [2.75, 3.05) is 16.0 Å². The molecule has 3 aromatic carbocycles. The molecule has 0 aromatic heterocycles. The number of rotatable bonds is 3. The van der Waals surface area contributed by atoms with Crippen molar-refractivity contribution in [3.05, 3.63) is 83.4 Å². The zero-order valence-electron chi connectivity index (χ0n) is 19.4. The van der Waals surface area contributed by atoms with Crippen LogP contribution < -0.4 is 20.7 Å². The van der Waals surface area contributed by atoms with Gasteiger partial charge in [0.25, 0.3) is 0 Å². The number of carbonyl (C=O) groups is 3. The van der Waals surface area contributed by atoms with Crippen LogP contribution in [0.3, 0.4) is 0 Å². The molecule has 0 saturated heterocycles. The molecule has 4 rings (SSSR count). The van der Waals surface area contributed by atoms with E-state index in [1.165, 1.54) is 6.92 Å². The van der Waals surface area contributed by atoms with Crippen molar-refractivity contribution in [3.63, 3.8) is 0 Å². The van der Waals surface area contributed by atoms with E-state index in [2.05, 4.69) is 27.8 Å². The van der Waals surface area contributed by atoms with Gasteiger partial charge in [0.05, 0.1) is 16.9 Å². The van der Waals surface area contributed by atoms with Crippen LogP contribution >= 0.6 is 0 Å². The van der Waals surface area contributed by atoms with E-state index in [1.54, 1.807) is 62.4 Å². The lowest BCUT2D eigenvalue weighted by molar-refractivity contribution is -0.127. The van der Waals surface area contributed by atoms with E-state index >= 15 is 0 Å². The van der Waals surface area contributed by atoms with Gasteiger partial charge in [-0.2, -0.15) is 0 Å². The molecule has 3 amide bonds. The molecule has 3 aromatic rings. The summed E-state index contributed by atoms with van der Waals surface area (Å²) in [4.78, 5) is 36.5. The molecular weight excluding hydrogens is 446 g/mol. The molecule has 0 saturated carbocycles. The number of ether oxygens (including phenoxy) is 2. The summed E-state index contributed by atoms with van der Waals surface area (Å²) in [6.45, 7) is 4.68. The van der Waals surface area contributed by atoms with Gasteiger partial charge in [0.1, 0.15) is 11.3 Å². The summed E-state index contributed by atoms with van der Waals surface area (Å²) < 4.78 is 11.0. The number of benzene rings is 3. The Labute approximate surface area is 202 Å². The van der Waals surface area contributed by atoms with Crippen LogP contribution in [-0.2, 0) is 9.53 Å². The first kappa shape index (κ1) is 23.4. The van der Waals surface area contributed by atoms with Gasteiger partial charge in [0.2, 0.25) is 11.7 Å². The Bertz CT molecular complexity index is 1370. The first-order chi connectivity index (χ1) is 16.7. The Morgan fingerprint density at radius 3 is 2.26 bits per heavy atom. The largest absolute Gasteiger partial charge is 0.452 e. The maximum atomic E-state index is 12.6. The van der Waals surface area contributed by atoms with E-state index in [0.29, 0.717) is 39.5 Å². The number of hydrogen-bond donors (Lipinski definition) is 3. The highest BCUT2D eigenvalue weighted by atomic mass is 16.7. The highest BCUT2D eigenvalue weighted by Crippen LogP contribution is 2.32. The summed E-state index contributed by atoms with van der Waals surface area (Å²) >= 11 is 0. The first-order valence-corrected chi connectivity index (χ1v) is 10.8. The van der Waals surface area contributed by atoms with Gasteiger partial charge in [-0.3, -0.25) is 4.79 Å². The van der Waals surface area contributed by atoms with Gasteiger partial charge < -0.3 is 25.4 Å². The van der Waals surface area contributed by atoms with Crippen LogP contribution in [0.15, 0.2) is 66.7 Å². The normalized spacial score (nSPS) is 13.2. The van der Waals surface area contributed by atoms with Crippen LogP contribution in [0.25, 0.3) is 0 Å². The molecule has 176 valence electrons. The maximum Gasteiger partial charge on any atom is 0.345 e. The van der Waals surface area contributed by atoms with Crippen LogP contribution in [0.2, 0.25) is 0 Å². The van der Waals surface area contributed by atoms with Gasteiger partial charge in [0.15, 0.2) is 0 Å². The molecule has 0 aliphatic carbocycles. The molecule has 1 heterocycles. The van der Waals surface area contributed by atoms with Crippen LogP contribution in [0.1, 0.15) is 42.3 Å². The topological polar surface area (TPSA) is 106 Å². The number of esters is 1. The van der Waals surface area contributed by atoms with Gasteiger partial charge in [-0.05, 0) is 42.5 Å². The van der Waals surface area contributed by atoms with Gasteiger partial charge in [-0.1, -0.05) is 36.1 Å². The number of cyclic esters (lactones) is 1. The van der Waals surface area contributed by atoms with Crippen molar-refractivity contribution in [1.82, 2.24) is 0 Å². The average Bonchev–Trinajstić information content (AvgIpc) is 2.78. The Balaban J connectivity index is 1.66. The molecular formula is C27H23N3O5. The predicted octanol–water partition coefficient (Wildman–Crippen LogP) is 4.97. The molecule has 1 aliphatic rings. The third-order valence-corrected chi connectivity index (χ3v) is 4.88. The molecule has 0 unspecified atom stereocenters. The lowest BCUT2D eigenvalue weighted by Gasteiger charge is -2.31. The smallest absolute Gasteiger partial charge is 0.345 e. The van der Waals surface area contributed by atoms with Crippen LogP contribution in [-0.4, -0.2) is 23.7 Å². The van der Waals surface area contributed by atoms with E-state index in [1.807, 2.05) is 18.2 Å². The predicted molar refractivity (Wildman–Crippen MR) is 132 cm³/mol. The minimum absolute atomic E-state index is 0.276. The third-order valence-electron chi connectivity index (χ3n) is 4.88. The molecule has 0 fully saturated rings. The van der Waals surface area contributed by atoms with Crippen molar-refractivity contribution in [1.29, 1.82) is 0 Å². The van der Waals surface area contributed by atoms with E-state index in [4.69, 9.17) is 9.47 Å². The number of anilines is 3. The van der Waals surface area contributed by atoms with Crippen molar-refractivity contribution in [3.8, 4) is 17.6 Å². The van der Waals surface area contributed by atoms with Gasteiger partial charge in [-0.25, -0.2) is 9.59 Å². The van der Waals surface area contributed by atoms with Crippen LogP contribution in [0.4, 0.5) is 21.9 Å². The van der Waals surface area contributed by atoms with E-state index in [9.17, 15) is 14.4 Å². The highest BCUT2D eigenvalue weighted by molar-refractivity contribution is 6.02. The Morgan fingerprint density at radius 2 is 1.54 bits per heavy atom. The number of para-hydroxylation sites is 1. The molecule has 0 bridgehead atoms. The highest BCUT2D eigenvalue weighted by Gasteiger charge is 2.33. The zero-order chi connectivity index (χ0) is 25.0. The van der Waals surface area contributed by atoms with E-state index < -0.39 is 17.8 Å². The van der Waals surface area contributed by atoms with Crippen LogP contribution in [0.5, 0.6) is 5.75 Å². The molecule has 0 spiro atoms. The fourth-order valence-electron chi connectivity index (χ4n) is 3.44. The van der Waals surface area contributed by atoms with Gasteiger partial charge in [-0.15, -0.1) is 0 Å². The number of carbonyl (C=O) groups excluding carboxylic acids is 3. The number of nitrogens with one attached hydrogen (secondary N) is 3. The molecule has 8 nitrogen and oxygen atoms in total. The van der Waals surface area contributed by atoms with Crippen molar-refractivity contribution in [2.45, 2.75) is 26.6 Å². The van der Waals surface area contributed by atoms with Crippen molar-refractivity contribution < 1.29 is 23.9 Å². The number of fused-ring (bicyclic) bond motifs is 1. The SMILES string of the molecule is CC(=O)Nc1cccc(NC(=O)Nc2ccccc2)c1C#Cc1ccc2c(c1)OC(C)(C)OC2=O. The summed E-state index contributed by atoms with van der Waals surface area (Å²) in [5.41, 5.74) is 2.80. The lowest BCUT2D eigenvalue weighted by Crippen LogP contribution is -2.38. The molecule has 3 N–H and O–H groups in total. The fourth-order valence-corrected chi connectivity index (χ4v) is 3.44. The van der Waals surface area contributed by atoms with Gasteiger partial charge in [0, 0.05) is 32.0 Å². The number of urea groups is 1. The summed E-state index contributed by atoms with van der Waals surface area (Å²) in [6, 6.07) is 18.6. The molecule has 8 heteroatoms. The number of hydrogen-bond acceptors (Lipinski definition) is 5. The van der Waals surface area contributed by atoms with Crippen LogP contribution in [0, 0.1) is 11.8 Å². The fraction of sp³-hybridized carbons (Fsp3) is 0.148. The zero-order valence-corrected chi connectivity index (χ0v) is 19.4. The lowest BCUT2D eigenvalue weighted by atomic mass is 10.1. The molecule has 35 heavy (non-hydrogen) atoms. The molecule has 0 radical (unpaired) electrons. The Hall–Kier alpha value is -4.77. The monoisotopic (exact) mass is 469 g/mol. The summed E-state index contributed by atoms with van der Waals surface area (Å²) in [7, 11) is 0. The molecule has 0 atom stereocenters. The van der Waals surface area contributed by atoms with Gasteiger partial charge >= 0.3 is 12.0 Å². The maximum absolute atomic E-state index is 12.6. The second-order valence-corrected chi connectivity index (χ2v) is 8.21. The van der Waals surface area contributed by atoms with Crippen molar-refractivity contribution in [2.24, 2.45) is 0 Å². The summed E-state index contributed by atoms with van der Waals surface area (Å²) in [5.74, 6) is 4.60. The molecule has 1 aliphatic heterocycles. The second kappa shape index (κ2) is 9.61. The van der Waals surface area contributed by atoms with Crippen molar-refractivity contribution >= 4 is 35.0 Å². The van der Waals surface area contributed by atoms with E-state index in [-0.39, 0.29) is 5.91 Å². The Kier molecular flexibility index (Phi) is 6.42. The average molecular weight is 469 g/mol. The summed E-state index contributed by atoms with van der Waals surface area (Å²) in [5, 5.41) is 8.28. The minimum atomic E-state index is -1.09. The third kappa shape index (κ3) is 5.78. The second-order valence-electron chi connectivity index (χ2n) is 8.21. The standard InChI is InChI=1S/C27H23N3O5/c1-17(31)28-22-10-7-11-23(30-26(33)29-19-8-5-4-6-9-19)20(22)14-12-18-13-15-21-24(16-18)34-27(2,3)35-25(21)32/h4-11,13,15-16H,1-3H3,(H,28,31)(H2,29,30,33). The first-order valence-electron chi connectivity index (χ1n) is 10.8. The Morgan fingerprint density at radius 1 is 0.829 bits per heavy atom. The summed E-state index contributed by atoms with van der Waals surface area (Å²) in [6.07, 6.45) is 0.